The zero-order valence-electron chi connectivity index (χ0n) is 14.0. The van der Waals surface area contributed by atoms with Crippen LogP contribution >= 0.6 is 0 Å². The highest BCUT2D eigenvalue weighted by atomic mass is 16.6. The summed E-state index contributed by atoms with van der Waals surface area (Å²) in [5.41, 5.74) is 0.639. The molecule has 2 aromatic carbocycles. The molecule has 0 spiro atoms. The summed E-state index contributed by atoms with van der Waals surface area (Å²) in [4.78, 5) is 24.1. The maximum Gasteiger partial charge on any atom is 0.293 e. The van der Waals surface area contributed by atoms with Crippen LogP contribution in [0.5, 0.6) is 11.5 Å². The number of hydrogen-bond donors (Lipinski definition) is 0. The SMILES string of the molecule is CC(=O)c1ccc(N(C)CC2COc3ccccc3O2)c([N+](=O)[O-])c1. The third-order valence-corrected chi connectivity index (χ3v) is 4.03. The highest BCUT2D eigenvalue weighted by molar-refractivity contribution is 5.95. The van der Waals surface area contributed by atoms with Crippen molar-refractivity contribution < 1.29 is 19.2 Å². The van der Waals surface area contributed by atoms with Gasteiger partial charge in [0, 0.05) is 18.7 Å². The van der Waals surface area contributed by atoms with E-state index in [0.29, 0.717) is 35.9 Å². The van der Waals surface area contributed by atoms with E-state index in [4.69, 9.17) is 9.47 Å². The first kappa shape index (κ1) is 16.8. The van der Waals surface area contributed by atoms with E-state index in [2.05, 4.69) is 0 Å². The summed E-state index contributed by atoms with van der Waals surface area (Å²) in [6.07, 6.45) is -0.257. The lowest BCUT2D eigenvalue weighted by Crippen LogP contribution is -2.39. The molecule has 130 valence electrons. The number of nitro groups is 1. The van der Waals surface area contributed by atoms with Crippen molar-refractivity contribution in [1.82, 2.24) is 0 Å². The molecule has 0 radical (unpaired) electrons. The molecule has 0 N–H and O–H groups in total. The van der Waals surface area contributed by atoms with Crippen LogP contribution in [0.2, 0.25) is 0 Å². The van der Waals surface area contributed by atoms with Gasteiger partial charge in [0.2, 0.25) is 0 Å². The molecule has 0 fully saturated rings. The monoisotopic (exact) mass is 342 g/mol. The summed E-state index contributed by atoms with van der Waals surface area (Å²) in [5, 5.41) is 11.4. The van der Waals surface area contributed by atoms with Gasteiger partial charge in [0.15, 0.2) is 23.4 Å². The van der Waals surface area contributed by atoms with Crippen LogP contribution in [0.4, 0.5) is 11.4 Å². The molecule has 0 bridgehead atoms. The minimum atomic E-state index is -0.480. The quantitative estimate of drug-likeness (QED) is 0.472. The van der Waals surface area contributed by atoms with Gasteiger partial charge in [0.25, 0.3) is 5.69 Å². The van der Waals surface area contributed by atoms with E-state index < -0.39 is 4.92 Å². The molecule has 1 unspecified atom stereocenters. The minimum Gasteiger partial charge on any atom is -0.486 e. The fourth-order valence-corrected chi connectivity index (χ4v) is 2.77. The van der Waals surface area contributed by atoms with Gasteiger partial charge < -0.3 is 14.4 Å². The minimum absolute atomic E-state index is 0.104. The van der Waals surface area contributed by atoms with Crippen molar-refractivity contribution in [1.29, 1.82) is 0 Å². The Kier molecular flexibility index (Phi) is 4.56. The van der Waals surface area contributed by atoms with Crippen molar-refractivity contribution in [2.75, 3.05) is 25.1 Å². The summed E-state index contributed by atoms with van der Waals surface area (Å²) in [5.74, 6) is 1.14. The van der Waals surface area contributed by atoms with Crippen LogP contribution in [0.1, 0.15) is 17.3 Å². The molecule has 2 aromatic rings. The standard InChI is InChI=1S/C18H18N2O5/c1-12(21)13-7-8-15(16(9-13)20(22)23)19(2)10-14-11-24-17-5-3-4-6-18(17)25-14/h3-9,14H,10-11H2,1-2H3. The average Bonchev–Trinajstić information content (AvgIpc) is 2.60. The number of para-hydroxylation sites is 2. The summed E-state index contributed by atoms with van der Waals surface area (Å²) >= 11 is 0. The van der Waals surface area contributed by atoms with E-state index in [1.807, 2.05) is 24.3 Å². The molecule has 3 rings (SSSR count). The lowest BCUT2D eigenvalue weighted by Gasteiger charge is -2.30. The van der Waals surface area contributed by atoms with E-state index in [1.165, 1.54) is 13.0 Å². The second-order valence-electron chi connectivity index (χ2n) is 5.89. The van der Waals surface area contributed by atoms with E-state index >= 15 is 0 Å². The van der Waals surface area contributed by atoms with Crippen LogP contribution in [-0.2, 0) is 0 Å². The molecule has 0 aliphatic carbocycles. The Morgan fingerprint density at radius 2 is 2.00 bits per heavy atom. The molecule has 0 saturated heterocycles. The van der Waals surface area contributed by atoms with Crippen LogP contribution < -0.4 is 14.4 Å². The van der Waals surface area contributed by atoms with E-state index in [1.54, 1.807) is 24.1 Å². The molecular weight excluding hydrogens is 324 g/mol. The number of benzene rings is 2. The number of ketones is 1. The molecule has 7 heteroatoms. The summed E-state index contributed by atoms with van der Waals surface area (Å²) < 4.78 is 11.6. The number of nitrogens with zero attached hydrogens (tertiary/aromatic N) is 2. The molecule has 1 heterocycles. The molecule has 25 heavy (non-hydrogen) atoms. The highest BCUT2D eigenvalue weighted by Gasteiger charge is 2.25. The first-order chi connectivity index (χ1) is 12.0. The predicted octanol–water partition coefficient (Wildman–Crippen LogP) is 3.07. The van der Waals surface area contributed by atoms with Crippen molar-refractivity contribution in [3.63, 3.8) is 0 Å². The molecule has 0 saturated carbocycles. The Bertz CT molecular complexity index is 821. The molecular formula is C18H18N2O5. The van der Waals surface area contributed by atoms with Gasteiger partial charge in [-0.05, 0) is 31.2 Å². The molecule has 7 nitrogen and oxygen atoms in total. The van der Waals surface area contributed by atoms with Crippen molar-refractivity contribution >= 4 is 17.2 Å². The summed E-state index contributed by atoms with van der Waals surface area (Å²) in [6, 6.07) is 11.9. The van der Waals surface area contributed by atoms with Gasteiger partial charge in [-0.3, -0.25) is 14.9 Å². The van der Waals surface area contributed by atoms with Crippen molar-refractivity contribution in [2.24, 2.45) is 0 Å². The first-order valence-electron chi connectivity index (χ1n) is 7.84. The van der Waals surface area contributed by atoms with E-state index in [-0.39, 0.29) is 17.6 Å². The molecule has 0 amide bonds. The zero-order chi connectivity index (χ0) is 18.0. The Morgan fingerprint density at radius 3 is 2.68 bits per heavy atom. The number of fused-ring (bicyclic) bond motifs is 1. The van der Waals surface area contributed by atoms with E-state index in [0.717, 1.165) is 0 Å². The third kappa shape index (κ3) is 3.55. The molecule has 0 aromatic heterocycles. The van der Waals surface area contributed by atoms with Crippen LogP contribution in [0.15, 0.2) is 42.5 Å². The smallest absolute Gasteiger partial charge is 0.293 e. The maximum atomic E-state index is 11.5. The zero-order valence-corrected chi connectivity index (χ0v) is 14.0. The first-order valence-corrected chi connectivity index (χ1v) is 7.84. The van der Waals surface area contributed by atoms with Gasteiger partial charge in [-0.25, -0.2) is 0 Å². The van der Waals surface area contributed by atoms with Crippen molar-refractivity contribution in [2.45, 2.75) is 13.0 Å². The van der Waals surface area contributed by atoms with Crippen LogP contribution in [0, 0.1) is 10.1 Å². The highest BCUT2D eigenvalue weighted by Crippen LogP contribution is 2.33. The average molecular weight is 342 g/mol. The Balaban J connectivity index is 1.79. The topological polar surface area (TPSA) is 81.9 Å². The Morgan fingerprint density at radius 1 is 1.28 bits per heavy atom. The van der Waals surface area contributed by atoms with Crippen LogP contribution in [-0.4, -0.2) is 37.0 Å². The van der Waals surface area contributed by atoms with Crippen molar-refractivity contribution in [3.05, 3.63) is 58.1 Å². The van der Waals surface area contributed by atoms with E-state index in [9.17, 15) is 14.9 Å². The number of anilines is 1. The lowest BCUT2D eigenvalue weighted by atomic mass is 10.1. The second-order valence-corrected chi connectivity index (χ2v) is 5.89. The van der Waals surface area contributed by atoms with Gasteiger partial charge in [-0.15, -0.1) is 0 Å². The van der Waals surface area contributed by atoms with Gasteiger partial charge >= 0.3 is 0 Å². The number of carbonyl (C=O) groups is 1. The van der Waals surface area contributed by atoms with Crippen molar-refractivity contribution in [3.8, 4) is 11.5 Å². The van der Waals surface area contributed by atoms with Gasteiger partial charge in [-0.1, -0.05) is 12.1 Å². The van der Waals surface area contributed by atoms with Gasteiger partial charge in [0.05, 0.1) is 11.5 Å². The summed E-state index contributed by atoms with van der Waals surface area (Å²) in [7, 11) is 1.75. The number of ether oxygens (including phenoxy) is 2. The molecule has 1 aliphatic rings. The third-order valence-electron chi connectivity index (χ3n) is 4.03. The number of rotatable bonds is 5. The lowest BCUT2D eigenvalue weighted by molar-refractivity contribution is -0.384. The number of Topliss-reactive ketones (excluding diaryl/α,β-unsaturated/α-hetero) is 1. The van der Waals surface area contributed by atoms with Crippen LogP contribution in [0.3, 0.4) is 0 Å². The second kappa shape index (κ2) is 6.80. The number of likely N-dealkylation sites (N-methyl/N-ethyl adjacent to an activating group) is 1. The maximum absolute atomic E-state index is 11.5. The normalized spacial score (nSPS) is 15.5. The fraction of sp³-hybridized carbons (Fsp3) is 0.278. The largest absolute Gasteiger partial charge is 0.486 e. The number of hydrogen-bond acceptors (Lipinski definition) is 6. The fourth-order valence-electron chi connectivity index (χ4n) is 2.77. The molecule has 1 aliphatic heterocycles. The Hall–Kier alpha value is -3.09. The van der Waals surface area contributed by atoms with Gasteiger partial charge in [-0.2, -0.15) is 0 Å². The predicted molar refractivity (Wildman–Crippen MR) is 92.7 cm³/mol. The summed E-state index contributed by atoms with van der Waals surface area (Å²) in [6.45, 7) is 2.16. The Labute approximate surface area is 144 Å². The number of carbonyl (C=O) groups excluding carboxylic acids is 1. The molecule has 1 atom stereocenters. The number of nitro benzene ring substituents is 1. The van der Waals surface area contributed by atoms with Gasteiger partial charge in [0.1, 0.15) is 12.3 Å². The van der Waals surface area contributed by atoms with Crippen LogP contribution in [0.25, 0.3) is 0 Å².